The third kappa shape index (κ3) is 7.37. The normalized spacial score (nSPS) is 11.4. The van der Waals surface area contributed by atoms with Crippen LogP contribution in [-0.4, -0.2) is 17.6 Å². The Morgan fingerprint density at radius 1 is 0.794 bits per heavy atom. The van der Waals surface area contributed by atoms with Gasteiger partial charge in [-0.3, -0.25) is 4.79 Å². The van der Waals surface area contributed by atoms with Gasteiger partial charge in [0.05, 0.1) is 11.1 Å². The van der Waals surface area contributed by atoms with Crippen molar-refractivity contribution < 1.29 is 23.1 Å². The molecule has 0 aliphatic heterocycles. The quantitative estimate of drug-likeness (QED) is 0.288. The van der Waals surface area contributed by atoms with E-state index in [1.54, 1.807) is 6.07 Å². The molecule has 180 valence electrons. The Labute approximate surface area is 198 Å². The van der Waals surface area contributed by atoms with Crippen LogP contribution in [0.5, 0.6) is 5.75 Å². The number of para-hydroxylation sites is 1. The van der Waals surface area contributed by atoms with Crippen LogP contribution < -0.4 is 5.32 Å². The molecule has 6 heteroatoms. The number of rotatable bonds is 11. The lowest BCUT2D eigenvalue weighted by molar-refractivity contribution is -0.137. The zero-order valence-electron chi connectivity index (χ0n) is 19.1. The van der Waals surface area contributed by atoms with Crippen molar-refractivity contribution in [3.63, 3.8) is 0 Å². The molecule has 3 rings (SSSR count). The number of amides is 1. The molecule has 0 unspecified atom stereocenters. The number of aromatic hydroxyl groups is 1. The highest BCUT2D eigenvalue weighted by molar-refractivity contribution is 5.99. The molecule has 1 amide bonds. The van der Waals surface area contributed by atoms with E-state index in [2.05, 4.69) is 29.6 Å². The minimum Gasteiger partial charge on any atom is -0.506 e. The number of unbranched alkanes of at least 4 members (excludes halogenated alkanes) is 5. The van der Waals surface area contributed by atoms with Crippen LogP contribution >= 0.6 is 0 Å². The zero-order valence-corrected chi connectivity index (χ0v) is 19.1. The second kappa shape index (κ2) is 12.3. The number of phenols is 1. The van der Waals surface area contributed by atoms with Gasteiger partial charge in [-0.2, -0.15) is 13.2 Å². The average molecular weight is 470 g/mol. The fourth-order valence-electron chi connectivity index (χ4n) is 3.93. The molecule has 3 aromatic carbocycles. The molecule has 0 saturated carbocycles. The van der Waals surface area contributed by atoms with E-state index in [1.807, 2.05) is 6.07 Å². The molecule has 0 radical (unpaired) electrons. The SMILES string of the molecule is O=C(NCCCCCCCCc1ccccc1)c1cccc(-c2cccc(C(F)(F)F)c2)c1O. The summed E-state index contributed by atoms with van der Waals surface area (Å²) in [5, 5.41) is 13.4. The maximum absolute atomic E-state index is 13.0. The number of aryl methyl sites for hydroxylation is 1. The Hall–Kier alpha value is -3.28. The van der Waals surface area contributed by atoms with Gasteiger partial charge in [0, 0.05) is 12.1 Å². The van der Waals surface area contributed by atoms with Crippen molar-refractivity contribution in [3.05, 3.63) is 89.5 Å². The molecule has 3 nitrogen and oxygen atoms in total. The molecule has 3 aromatic rings. The van der Waals surface area contributed by atoms with Crippen molar-refractivity contribution in [2.24, 2.45) is 0 Å². The first-order valence-electron chi connectivity index (χ1n) is 11.7. The predicted octanol–water partition coefficient (Wildman–Crippen LogP) is 7.39. The Morgan fingerprint density at radius 3 is 2.21 bits per heavy atom. The van der Waals surface area contributed by atoms with Gasteiger partial charge in [-0.05, 0) is 48.6 Å². The second-order valence-electron chi connectivity index (χ2n) is 8.39. The van der Waals surface area contributed by atoms with Gasteiger partial charge < -0.3 is 10.4 Å². The minimum absolute atomic E-state index is 0.0517. The third-order valence-corrected chi connectivity index (χ3v) is 5.80. The van der Waals surface area contributed by atoms with E-state index in [4.69, 9.17) is 0 Å². The van der Waals surface area contributed by atoms with Crippen LogP contribution in [0, 0.1) is 0 Å². The number of hydrogen-bond donors (Lipinski definition) is 2. The summed E-state index contributed by atoms with van der Waals surface area (Å²) < 4.78 is 39.1. The lowest BCUT2D eigenvalue weighted by Gasteiger charge is -2.12. The van der Waals surface area contributed by atoms with Crippen LogP contribution in [0.15, 0.2) is 72.8 Å². The minimum atomic E-state index is -4.48. The number of carbonyl (C=O) groups excluding carboxylic acids is 1. The molecule has 2 N–H and O–H groups in total. The maximum atomic E-state index is 13.0. The number of hydrogen-bond acceptors (Lipinski definition) is 2. The van der Waals surface area contributed by atoms with Crippen molar-refractivity contribution in [3.8, 4) is 16.9 Å². The lowest BCUT2D eigenvalue weighted by Crippen LogP contribution is -2.24. The fraction of sp³-hybridized carbons (Fsp3) is 0.321. The van der Waals surface area contributed by atoms with E-state index in [0.717, 1.165) is 44.2 Å². The van der Waals surface area contributed by atoms with Crippen LogP contribution in [0.2, 0.25) is 0 Å². The first-order valence-corrected chi connectivity index (χ1v) is 11.7. The van der Waals surface area contributed by atoms with E-state index in [9.17, 15) is 23.1 Å². The van der Waals surface area contributed by atoms with E-state index < -0.39 is 17.6 Å². The molecule has 0 aromatic heterocycles. The zero-order chi connectivity index (χ0) is 24.4. The predicted molar refractivity (Wildman–Crippen MR) is 129 cm³/mol. The van der Waals surface area contributed by atoms with E-state index in [-0.39, 0.29) is 22.4 Å². The third-order valence-electron chi connectivity index (χ3n) is 5.80. The van der Waals surface area contributed by atoms with Crippen LogP contribution in [-0.2, 0) is 12.6 Å². The van der Waals surface area contributed by atoms with Gasteiger partial charge in [-0.15, -0.1) is 0 Å². The molecule has 34 heavy (non-hydrogen) atoms. The first-order chi connectivity index (χ1) is 16.4. The first kappa shape index (κ1) is 25.3. The summed E-state index contributed by atoms with van der Waals surface area (Å²) >= 11 is 0. The molecular weight excluding hydrogens is 439 g/mol. The summed E-state index contributed by atoms with van der Waals surface area (Å²) in [6.45, 7) is 0.482. The number of alkyl halides is 3. The highest BCUT2D eigenvalue weighted by Crippen LogP contribution is 2.36. The van der Waals surface area contributed by atoms with Gasteiger partial charge in [0.1, 0.15) is 5.75 Å². The average Bonchev–Trinajstić information content (AvgIpc) is 2.83. The van der Waals surface area contributed by atoms with Gasteiger partial charge >= 0.3 is 6.18 Å². The Balaban J connectivity index is 1.42. The Morgan fingerprint density at radius 2 is 1.47 bits per heavy atom. The van der Waals surface area contributed by atoms with Crippen LogP contribution in [0.4, 0.5) is 13.2 Å². The Kier molecular flexibility index (Phi) is 9.14. The van der Waals surface area contributed by atoms with Crippen LogP contribution in [0.25, 0.3) is 11.1 Å². The summed E-state index contributed by atoms with van der Waals surface area (Å²) in [5.74, 6) is -0.757. The van der Waals surface area contributed by atoms with Crippen molar-refractivity contribution in [1.82, 2.24) is 5.32 Å². The molecule has 0 spiro atoms. The van der Waals surface area contributed by atoms with Gasteiger partial charge in [0.25, 0.3) is 5.91 Å². The molecule has 0 heterocycles. The Bertz CT molecular complexity index is 1060. The summed E-state index contributed by atoms with van der Waals surface area (Å²) in [6.07, 6.45) is 3.05. The smallest absolute Gasteiger partial charge is 0.416 e. The molecule has 0 aliphatic carbocycles. The van der Waals surface area contributed by atoms with Crippen molar-refractivity contribution in [2.45, 2.75) is 51.1 Å². The number of phenolic OH excluding ortho intramolecular Hbond substituents is 1. The standard InChI is InChI=1S/C28H30F3NO2/c29-28(30,31)23-16-10-15-22(20-23)24-17-11-18-25(26(24)33)27(34)32-19-9-4-2-1-3-6-12-21-13-7-5-8-14-21/h5,7-8,10-11,13-18,20,33H,1-4,6,9,12,19H2,(H,32,34). The number of benzene rings is 3. The fourth-order valence-corrected chi connectivity index (χ4v) is 3.93. The van der Waals surface area contributed by atoms with E-state index >= 15 is 0 Å². The van der Waals surface area contributed by atoms with Crippen LogP contribution in [0.3, 0.4) is 0 Å². The van der Waals surface area contributed by atoms with Gasteiger partial charge in [0.15, 0.2) is 0 Å². The van der Waals surface area contributed by atoms with E-state index in [0.29, 0.717) is 6.54 Å². The molecule has 0 saturated heterocycles. The molecule has 0 aliphatic rings. The maximum Gasteiger partial charge on any atom is 0.416 e. The topological polar surface area (TPSA) is 49.3 Å². The highest BCUT2D eigenvalue weighted by Gasteiger charge is 2.30. The van der Waals surface area contributed by atoms with Crippen molar-refractivity contribution in [1.29, 1.82) is 0 Å². The number of nitrogens with one attached hydrogen (secondary N) is 1. The molecule has 0 fully saturated rings. The van der Waals surface area contributed by atoms with Crippen molar-refractivity contribution in [2.75, 3.05) is 6.54 Å². The summed E-state index contributed by atoms with van der Waals surface area (Å²) in [6, 6.07) is 19.7. The lowest BCUT2D eigenvalue weighted by atomic mass is 9.99. The second-order valence-corrected chi connectivity index (χ2v) is 8.39. The largest absolute Gasteiger partial charge is 0.506 e. The summed E-state index contributed by atoms with van der Waals surface area (Å²) in [4.78, 5) is 12.5. The number of halogens is 3. The van der Waals surface area contributed by atoms with Gasteiger partial charge in [0.2, 0.25) is 0 Å². The van der Waals surface area contributed by atoms with E-state index in [1.165, 1.54) is 42.7 Å². The highest BCUT2D eigenvalue weighted by atomic mass is 19.4. The van der Waals surface area contributed by atoms with Gasteiger partial charge in [-0.1, -0.05) is 80.3 Å². The van der Waals surface area contributed by atoms with Crippen molar-refractivity contribution >= 4 is 5.91 Å². The summed E-state index contributed by atoms with van der Waals surface area (Å²) in [5.41, 5.74) is 1.00. The number of carbonyl (C=O) groups is 1. The monoisotopic (exact) mass is 469 g/mol. The molecule has 0 bridgehead atoms. The molecular formula is C28H30F3NO2. The molecule has 0 atom stereocenters. The summed E-state index contributed by atoms with van der Waals surface area (Å²) in [7, 11) is 0. The van der Waals surface area contributed by atoms with Crippen LogP contribution in [0.1, 0.15) is 60.0 Å². The van der Waals surface area contributed by atoms with Gasteiger partial charge in [-0.25, -0.2) is 0 Å².